The van der Waals surface area contributed by atoms with E-state index in [1.807, 2.05) is 12.1 Å². The molecule has 0 radical (unpaired) electrons. The molecular formula is C18H18ClNO3. The van der Waals surface area contributed by atoms with Gasteiger partial charge < -0.3 is 14.8 Å². The van der Waals surface area contributed by atoms with Gasteiger partial charge in [-0.2, -0.15) is 0 Å². The van der Waals surface area contributed by atoms with Crippen molar-refractivity contribution in [3.63, 3.8) is 0 Å². The van der Waals surface area contributed by atoms with Crippen LogP contribution in [-0.4, -0.2) is 19.6 Å². The summed E-state index contributed by atoms with van der Waals surface area (Å²) in [5, 5.41) is 3.34. The molecule has 2 rings (SSSR count). The third kappa shape index (κ3) is 4.76. The zero-order chi connectivity index (χ0) is 16.7. The maximum atomic E-state index is 12.0. The lowest BCUT2D eigenvalue weighted by atomic mass is 10.1. The monoisotopic (exact) mass is 331 g/mol. The van der Waals surface area contributed by atoms with E-state index in [0.29, 0.717) is 28.6 Å². The number of carbonyl (C=O) groups is 1. The minimum absolute atomic E-state index is 0.170. The molecule has 0 bridgehead atoms. The van der Waals surface area contributed by atoms with Gasteiger partial charge in [0, 0.05) is 22.7 Å². The standard InChI is InChI=1S/C18H18ClNO3/c1-3-9-20-18(21)13-7-8-17(22-2)14(10-13)12-23-16-6-4-5-15(19)11-16/h3-8,10-11H,1,9,12H2,2H3,(H,20,21). The highest BCUT2D eigenvalue weighted by atomic mass is 35.5. The molecule has 0 aliphatic rings. The predicted molar refractivity (Wildman–Crippen MR) is 91.3 cm³/mol. The molecule has 0 saturated carbocycles. The van der Waals surface area contributed by atoms with Crippen LogP contribution in [0.25, 0.3) is 0 Å². The van der Waals surface area contributed by atoms with Gasteiger partial charge in [0.15, 0.2) is 0 Å². The van der Waals surface area contributed by atoms with Crippen molar-refractivity contribution in [2.24, 2.45) is 0 Å². The fourth-order valence-electron chi connectivity index (χ4n) is 2.02. The van der Waals surface area contributed by atoms with Gasteiger partial charge in [-0.05, 0) is 36.4 Å². The maximum absolute atomic E-state index is 12.0. The zero-order valence-electron chi connectivity index (χ0n) is 12.8. The van der Waals surface area contributed by atoms with E-state index in [2.05, 4.69) is 11.9 Å². The molecule has 2 aromatic rings. The first-order valence-corrected chi connectivity index (χ1v) is 7.46. The van der Waals surface area contributed by atoms with Crippen LogP contribution in [0.4, 0.5) is 0 Å². The van der Waals surface area contributed by atoms with Gasteiger partial charge in [0.05, 0.1) is 7.11 Å². The lowest BCUT2D eigenvalue weighted by Gasteiger charge is -2.12. The summed E-state index contributed by atoms with van der Waals surface area (Å²) in [6.45, 7) is 4.26. The molecule has 0 saturated heterocycles. The molecule has 2 aromatic carbocycles. The highest BCUT2D eigenvalue weighted by Crippen LogP contribution is 2.23. The van der Waals surface area contributed by atoms with Gasteiger partial charge in [-0.1, -0.05) is 23.7 Å². The highest BCUT2D eigenvalue weighted by Gasteiger charge is 2.10. The van der Waals surface area contributed by atoms with Crippen LogP contribution < -0.4 is 14.8 Å². The molecule has 120 valence electrons. The molecule has 23 heavy (non-hydrogen) atoms. The van der Waals surface area contributed by atoms with Crippen LogP contribution >= 0.6 is 11.6 Å². The lowest BCUT2D eigenvalue weighted by Crippen LogP contribution is -2.23. The first-order chi connectivity index (χ1) is 11.1. The summed E-state index contributed by atoms with van der Waals surface area (Å²) >= 11 is 5.93. The largest absolute Gasteiger partial charge is 0.496 e. The number of methoxy groups -OCH3 is 1. The number of hydrogen-bond acceptors (Lipinski definition) is 3. The number of ether oxygens (including phenoxy) is 2. The third-order valence-electron chi connectivity index (χ3n) is 3.14. The van der Waals surface area contributed by atoms with Crippen LogP contribution in [0.1, 0.15) is 15.9 Å². The van der Waals surface area contributed by atoms with E-state index in [4.69, 9.17) is 21.1 Å². The number of carbonyl (C=O) groups excluding carboxylic acids is 1. The second-order valence-electron chi connectivity index (χ2n) is 4.77. The fourth-order valence-corrected chi connectivity index (χ4v) is 2.20. The zero-order valence-corrected chi connectivity index (χ0v) is 13.6. The normalized spacial score (nSPS) is 10.0. The third-order valence-corrected chi connectivity index (χ3v) is 3.38. The van der Waals surface area contributed by atoms with Crippen LogP contribution in [-0.2, 0) is 6.61 Å². The molecule has 1 amide bonds. The Bertz CT molecular complexity index is 700. The quantitative estimate of drug-likeness (QED) is 0.784. The summed E-state index contributed by atoms with van der Waals surface area (Å²) in [6.07, 6.45) is 1.63. The second-order valence-corrected chi connectivity index (χ2v) is 5.21. The van der Waals surface area contributed by atoms with E-state index in [-0.39, 0.29) is 12.5 Å². The molecule has 5 heteroatoms. The first kappa shape index (κ1) is 16.9. The van der Waals surface area contributed by atoms with Gasteiger partial charge in [0.2, 0.25) is 0 Å². The maximum Gasteiger partial charge on any atom is 0.251 e. The molecule has 0 aliphatic heterocycles. The number of benzene rings is 2. The van der Waals surface area contributed by atoms with E-state index in [0.717, 1.165) is 5.56 Å². The second kappa shape index (κ2) is 8.25. The SMILES string of the molecule is C=CCNC(=O)c1ccc(OC)c(COc2cccc(Cl)c2)c1. The molecule has 0 fully saturated rings. The minimum Gasteiger partial charge on any atom is -0.496 e. The minimum atomic E-state index is -0.170. The molecule has 0 aliphatic carbocycles. The molecule has 0 atom stereocenters. The molecule has 1 N–H and O–H groups in total. The Kier molecular flexibility index (Phi) is 6.06. The van der Waals surface area contributed by atoms with Crippen molar-refractivity contribution in [2.75, 3.05) is 13.7 Å². The van der Waals surface area contributed by atoms with Gasteiger partial charge in [0.25, 0.3) is 5.91 Å². The fraction of sp³-hybridized carbons (Fsp3) is 0.167. The average molecular weight is 332 g/mol. The van der Waals surface area contributed by atoms with Gasteiger partial charge in [-0.25, -0.2) is 0 Å². The Hall–Kier alpha value is -2.46. The molecule has 0 aromatic heterocycles. The van der Waals surface area contributed by atoms with Crippen LogP contribution in [0, 0.1) is 0 Å². The number of nitrogens with one attached hydrogen (secondary N) is 1. The first-order valence-electron chi connectivity index (χ1n) is 7.08. The van der Waals surface area contributed by atoms with E-state index in [9.17, 15) is 4.79 Å². The summed E-state index contributed by atoms with van der Waals surface area (Å²) < 4.78 is 11.0. The summed E-state index contributed by atoms with van der Waals surface area (Å²) in [6, 6.07) is 12.3. The highest BCUT2D eigenvalue weighted by molar-refractivity contribution is 6.30. The summed E-state index contributed by atoms with van der Waals surface area (Å²) in [7, 11) is 1.58. The van der Waals surface area contributed by atoms with Crippen molar-refractivity contribution in [3.8, 4) is 11.5 Å². The molecule has 0 unspecified atom stereocenters. The van der Waals surface area contributed by atoms with Crippen LogP contribution in [0.3, 0.4) is 0 Å². The number of amides is 1. The van der Waals surface area contributed by atoms with Crippen LogP contribution in [0.2, 0.25) is 5.02 Å². The van der Waals surface area contributed by atoms with E-state index in [1.165, 1.54) is 0 Å². The van der Waals surface area contributed by atoms with Crippen LogP contribution in [0.5, 0.6) is 11.5 Å². The Labute approximate surface area is 140 Å². The van der Waals surface area contributed by atoms with Gasteiger partial charge in [-0.15, -0.1) is 6.58 Å². The van der Waals surface area contributed by atoms with Crippen molar-refractivity contribution in [3.05, 3.63) is 71.3 Å². The van der Waals surface area contributed by atoms with Crippen molar-refractivity contribution >= 4 is 17.5 Å². The predicted octanol–water partition coefficient (Wildman–Crippen LogP) is 3.84. The molecule has 0 spiro atoms. The van der Waals surface area contributed by atoms with Gasteiger partial charge in [-0.3, -0.25) is 4.79 Å². The van der Waals surface area contributed by atoms with Crippen molar-refractivity contribution in [1.82, 2.24) is 5.32 Å². The molecule has 0 heterocycles. The Balaban J connectivity index is 2.15. The smallest absolute Gasteiger partial charge is 0.251 e. The Morgan fingerprint density at radius 1 is 1.30 bits per heavy atom. The Morgan fingerprint density at radius 3 is 2.83 bits per heavy atom. The molecular weight excluding hydrogens is 314 g/mol. The van der Waals surface area contributed by atoms with Crippen LogP contribution in [0.15, 0.2) is 55.1 Å². The average Bonchev–Trinajstić information content (AvgIpc) is 2.57. The van der Waals surface area contributed by atoms with E-state index in [1.54, 1.807) is 43.5 Å². The topological polar surface area (TPSA) is 47.6 Å². The van der Waals surface area contributed by atoms with E-state index >= 15 is 0 Å². The summed E-state index contributed by atoms with van der Waals surface area (Å²) in [5.74, 6) is 1.14. The lowest BCUT2D eigenvalue weighted by molar-refractivity contribution is 0.0958. The molecule has 4 nitrogen and oxygen atoms in total. The van der Waals surface area contributed by atoms with Crippen molar-refractivity contribution in [2.45, 2.75) is 6.61 Å². The summed E-state index contributed by atoms with van der Waals surface area (Å²) in [5.41, 5.74) is 1.32. The van der Waals surface area contributed by atoms with Gasteiger partial charge >= 0.3 is 0 Å². The van der Waals surface area contributed by atoms with Gasteiger partial charge in [0.1, 0.15) is 18.1 Å². The number of rotatable bonds is 7. The summed E-state index contributed by atoms with van der Waals surface area (Å²) in [4.78, 5) is 12.0. The number of halogens is 1. The van der Waals surface area contributed by atoms with Crippen molar-refractivity contribution < 1.29 is 14.3 Å². The Morgan fingerprint density at radius 2 is 2.13 bits per heavy atom. The number of hydrogen-bond donors (Lipinski definition) is 1. The van der Waals surface area contributed by atoms with E-state index < -0.39 is 0 Å². The van der Waals surface area contributed by atoms with Crippen molar-refractivity contribution in [1.29, 1.82) is 0 Å².